The third-order valence-corrected chi connectivity index (χ3v) is 4.12. The van der Waals surface area contributed by atoms with Crippen LogP contribution in [0.15, 0.2) is 66.3 Å². The maximum Gasteiger partial charge on any atom is 0.270 e. The van der Waals surface area contributed by atoms with Crippen molar-refractivity contribution in [2.24, 2.45) is 0 Å². The summed E-state index contributed by atoms with van der Waals surface area (Å²) in [5.74, 6) is -0.998. The van der Waals surface area contributed by atoms with Crippen molar-refractivity contribution in [3.8, 4) is 5.75 Å². The lowest BCUT2D eigenvalue weighted by Gasteiger charge is -2.28. The van der Waals surface area contributed by atoms with E-state index in [9.17, 15) is 14.0 Å². The Morgan fingerprint density at radius 1 is 1.15 bits per heavy atom. The Balaban J connectivity index is 1.86. The van der Waals surface area contributed by atoms with E-state index in [-0.39, 0.29) is 16.4 Å². The van der Waals surface area contributed by atoms with E-state index in [2.05, 4.69) is 5.32 Å². The van der Waals surface area contributed by atoms with Gasteiger partial charge in [0.05, 0.1) is 12.8 Å². The van der Waals surface area contributed by atoms with Gasteiger partial charge in [0.25, 0.3) is 11.8 Å². The molecule has 3 rings (SSSR count). The maximum absolute atomic E-state index is 13.5. The Kier molecular flexibility index (Phi) is 5.42. The normalized spacial score (nSPS) is 16.1. The molecule has 5 nitrogen and oxygen atoms in total. The second kappa shape index (κ2) is 7.92. The van der Waals surface area contributed by atoms with Crippen LogP contribution >= 0.6 is 12.2 Å². The molecular weight excluding hydrogens is 367 g/mol. The van der Waals surface area contributed by atoms with Gasteiger partial charge in [0.1, 0.15) is 17.1 Å². The summed E-state index contributed by atoms with van der Waals surface area (Å²) >= 11 is 5.07. The predicted octanol–water partition coefficient (Wildman–Crippen LogP) is 3.22. The van der Waals surface area contributed by atoms with Crippen LogP contribution in [0, 0.1) is 5.82 Å². The topological polar surface area (TPSA) is 58.6 Å². The summed E-state index contributed by atoms with van der Waals surface area (Å²) in [6.07, 6.45) is 4.73. The zero-order valence-electron chi connectivity index (χ0n) is 14.3. The van der Waals surface area contributed by atoms with Crippen molar-refractivity contribution in [2.75, 3.05) is 12.0 Å². The first kappa shape index (κ1) is 18.5. The van der Waals surface area contributed by atoms with Gasteiger partial charge in [-0.3, -0.25) is 19.8 Å². The Bertz CT molecular complexity index is 967. The lowest BCUT2D eigenvalue weighted by atomic mass is 10.1. The number of rotatable bonds is 4. The number of nitrogens with zero attached hydrogens (tertiary/aromatic N) is 1. The second-order valence-electron chi connectivity index (χ2n) is 5.59. The quantitative estimate of drug-likeness (QED) is 0.501. The molecule has 0 aromatic heterocycles. The molecule has 0 atom stereocenters. The third-order valence-electron chi connectivity index (χ3n) is 3.84. The largest absolute Gasteiger partial charge is 0.497 e. The van der Waals surface area contributed by atoms with Crippen molar-refractivity contribution < 1.29 is 18.7 Å². The molecule has 1 heterocycles. The van der Waals surface area contributed by atoms with Crippen LogP contribution in [0.4, 0.5) is 10.1 Å². The van der Waals surface area contributed by atoms with Crippen LogP contribution in [-0.4, -0.2) is 24.0 Å². The van der Waals surface area contributed by atoms with Gasteiger partial charge in [-0.15, -0.1) is 0 Å². The van der Waals surface area contributed by atoms with Gasteiger partial charge >= 0.3 is 0 Å². The van der Waals surface area contributed by atoms with E-state index in [0.29, 0.717) is 0 Å². The van der Waals surface area contributed by atoms with Gasteiger partial charge in [-0.25, -0.2) is 4.39 Å². The number of carbonyl (C=O) groups excluding carboxylic acids is 2. The molecule has 0 spiro atoms. The van der Waals surface area contributed by atoms with E-state index in [4.69, 9.17) is 17.0 Å². The van der Waals surface area contributed by atoms with Crippen molar-refractivity contribution in [2.45, 2.75) is 0 Å². The molecule has 0 unspecified atom stereocenters. The summed E-state index contributed by atoms with van der Waals surface area (Å²) in [7, 11) is 1.58. The molecule has 2 aromatic rings. The number of hydrogen-bond acceptors (Lipinski definition) is 4. The van der Waals surface area contributed by atoms with Gasteiger partial charge in [-0.2, -0.15) is 0 Å². The third kappa shape index (κ3) is 4.09. The van der Waals surface area contributed by atoms with Gasteiger partial charge in [0, 0.05) is 0 Å². The van der Waals surface area contributed by atoms with Crippen LogP contribution < -0.4 is 15.0 Å². The maximum atomic E-state index is 13.5. The number of ether oxygens (including phenoxy) is 1. The highest BCUT2D eigenvalue weighted by Gasteiger charge is 2.34. The zero-order chi connectivity index (χ0) is 19.4. The number of hydrogen-bond donors (Lipinski definition) is 1. The highest BCUT2D eigenvalue weighted by molar-refractivity contribution is 7.80. The Hall–Kier alpha value is -3.32. The van der Waals surface area contributed by atoms with E-state index in [1.54, 1.807) is 31.4 Å². The highest BCUT2D eigenvalue weighted by atomic mass is 32.1. The van der Waals surface area contributed by atoms with E-state index in [1.807, 2.05) is 12.1 Å². The lowest BCUT2D eigenvalue weighted by Crippen LogP contribution is -2.54. The predicted molar refractivity (Wildman–Crippen MR) is 105 cm³/mol. The molecule has 27 heavy (non-hydrogen) atoms. The smallest absolute Gasteiger partial charge is 0.270 e. The highest BCUT2D eigenvalue weighted by Crippen LogP contribution is 2.21. The monoisotopic (exact) mass is 382 g/mol. The summed E-state index contributed by atoms with van der Waals surface area (Å²) in [5, 5.41) is 2.36. The summed E-state index contributed by atoms with van der Waals surface area (Å²) < 4.78 is 18.6. The molecule has 0 bridgehead atoms. The molecule has 1 aliphatic rings. The molecular formula is C20H15FN2O3S. The Labute approximate surface area is 160 Å². The molecule has 1 aliphatic heterocycles. The minimum atomic E-state index is -0.617. The van der Waals surface area contributed by atoms with Crippen LogP contribution in [-0.2, 0) is 9.59 Å². The first-order valence-electron chi connectivity index (χ1n) is 7.97. The summed E-state index contributed by atoms with van der Waals surface area (Å²) in [5.41, 5.74) is 1.02. The average molecular weight is 382 g/mol. The number of amides is 2. The number of benzene rings is 2. The van der Waals surface area contributed by atoms with Crippen molar-refractivity contribution in [1.82, 2.24) is 5.32 Å². The molecule has 1 saturated heterocycles. The number of carbonyl (C=O) groups is 2. The first-order valence-corrected chi connectivity index (χ1v) is 8.38. The molecule has 0 saturated carbocycles. The number of thiocarbonyl (C=S) groups is 1. The molecule has 1 N–H and O–H groups in total. The van der Waals surface area contributed by atoms with E-state index in [0.717, 1.165) is 16.2 Å². The van der Waals surface area contributed by atoms with Crippen LogP contribution in [0.2, 0.25) is 0 Å². The fourth-order valence-corrected chi connectivity index (χ4v) is 2.78. The van der Waals surface area contributed by atoms with E-state index < -0.39 is 17.6 Å². The minimum Gasteiger partial charge on any atom is -0.497 e. The number of methoxy groups -OCH3 is 1. The van der Waals surface area contributed by atoms with Crippen LogP contribution in [0.1, 0.15) is 5.56 Å². The molecule has 2 amide bonds. The SMILES string of the molecule is COc1ccc(/C=C/C=C2\C(=O)NC(=S)N(c3cccc(F)c3)C2=O)cc1. The van der Waals surface area contributed by atoms with E-state index in [1.165, 1.54) is 30.3 Å². The first-order chi connectivity index (χ1) is 13.0. The number of anilines is 1. The van der Waals surface area contributed by atoms with Gasteiger partial charge in [0.15, 0.2) is 5.11 Å². The van der Waals surface area contributed by atoms with Crippen LogP contribution in [0.25, 0.3) is 6.08 Å². The van der Waals surface area contributed by atoms with Crippen LogP contribution in [0.5, 0.6) is 5.75 Å². The zero-order valence-corrected chi connectivity index (χ0v) is 15.1. The molecule has 7 heteroatoms. The lowest BCUT2D eigenvalue weighted by molar-refractivity contribution is -0.122. The van der Waals surface area contributed by atoms with Crippen molar-refractivity contribution >= 4 is 40.9 Å². The second-order valence-corrected chi connectivity index (χ2v) is 5.98. The van der Waals surface area contributed by atoms with Gasteiger partial charge in [0.2, 0.25) is 0 Å². The summed E-state index contributed by atoms with van der Waals surface area (Å²) in [4.78, 5) is 26.0. The summed E-state index contributed by atoms with van der Waals surface area (Å²) in [6, 6.07) is 12.7. The minimum absolute atomic E-state index is 0.0908. The van der Waals surface area contributed by atoms with Crippen molar-refractivity contribution in [3.63, 3.8) is 0 Å². The molecule has 0 radical (unpaired) electrons. The molecule has 1 fully saturated rings. The fraction of sp³-hybridized carbons (Fsp3) is 0.0500. The van der Waals surface area contributed by atoms with Crippen molar-refractivity contribution in [1.29, 1.82) is 0 Å². The van der Waals surface area contributed by atoms with Gasteiger partial charge < -0.3 is 4.74 Å². The number of allylic oxidation sites excluding steroid dienone is 2. The standard InChI is InChI=1S/C20H15FN2O3S/c1-26-16-10-8-13(9-11-16)4-2-7-17-18(24)22-20(27)23(19(17)25)15-6-3-5-14(21)12-15/h2-12H,1H3,(H,22,24,27)/b4-2+,17-7+. The van der Waals surface area contributed by atoms with Crippen molar-refractivity contribution in [3.05, 3.63) is 77.6 Å². The van der Waals surface area contributed by atoms with Gasteiger partial charge in [-0.05, 0) is 54.2 Å². The van der Waals surface area contributed by atoms with Gasteiger partial charge in [-0.1, -0.05) is 30.4 Å². The number of halogens is 1. The van der Waals surface area contributed by atoms with Crippen LogP contribution in [0.3, 0.4) is 0 Å². The number of nitrogens with one attached hydrogen (secondary N) is 1. The Morgan fingerprint density at radius 2 is 1.89 bits per heavy atom. The molecule has 0 aliphatic carbocycles. The average Bonchev–Trinajstić information content (AvgIpc) is 2.65. The Morgan fingerprint density at radius 3 is 2.56 bits per heavy atom. The molecule has 136 valence electrons. The molecule has 2 aromatic carbocycles. The fourth-order valence-electron chi connectivity index (χ4n) is 2.50. The summed E-state index contributed by atoms with van der Waals surface area (Å²) in [6.45, 7) is 0. The van der Waals surface area contributed by atoms with E-state index >= 15 is 0 Å².